The first kappa shape index (κ1) is 33.2. The minimum Gasteiger partial charge on any atom is -0.392 e. The summed E-state index contributed by atoms with van der Waals surface area (Å²) in [5.41, 5.74) is 6.15. The van der Waals surface area contributed by atoms with Crippen molar-refractivity contribution in [3.05, 3.63) is 95.3 Å². The molecule has 44 heavy (non-hydrogen) atoms. The standard InChI is InChI=1S/C34H44N4O6/c1-38(21-19-28-8-6-7-20-35-28)23-30-22-31(26-13-11-25(24-39)12-14-26)44-34(43-30)27-15-17-29(18-16-27)36-32(40)9-4-2-3-5-10-33(41)37-42/h6-8,11-18,20,30-31,34,39,42H,2-5,9-10,19,21-24H2,1H3,(H,36,40)(H,37,41). The molecule has 0 radical (unpaired) electrons. The van der Waals surface area contributed by atoms with Gasteiger partial charge in [0, 0.05) is 61.9 Å². The van der Waals surface area contributed by atoms with E-state index in [1.165, 1.54) is 0 Å². The second-order valence-electron chi connectivity index (χ2n) is 11.3. The third-order valence-corrected chi connectivity index (χ3v) is 7.76. The van der Waals surface area contributed by atoms with Crippen molar-refractivity contribution in [3.63, 3.8) is 0 Å². The molecule has 1 aliphatic heterocycles. The van der Waals surface area contributed by atoms with Crippen LogP contribution in [0.1, 0.15) is 79.7 Å². The lowest BCUT2D eigenvalue weighted by Gasteiger charge is -2.38. The predicted octanol–water partition coefficient (Wildman–Crippen LogP) is 5.08. The average Bonchev–Trinajstić information content (AvgIpc) is 3.06. The topological polar surface area (TPSA) is 133 Å². The predicted molar refractivity (Wildman–Crippen MR) is 167 cm³/mol. The molecule has 0 bridgehead atoms. The number of rotatable bonds is 16. The number of aliphatic hydroxyl groups excluding tert-OH is 1. The van der Waals surface area contributed by atoms with Gasteiger partial charge in [0.05, 0.1) is 18.8 Å². The van der Waals surface area contributed by atoms with E-state index in [1.807, 2.05) is 72.9 Å². The van der Waals surface area contributed by atoms with E-state index in [0.717, 1.165) is 61.2 Å². The van der Waals surface area contributed by atoms with E-state index in [2.05, 4.69) is 22.2 Å². The Morgan fingerprint density at radius 2 is 1.61 bits per heavy atom. The van der Waals surface area contributed by atoms with Crippen molar-refractivity contribution < 1.29 is 29.4 Å². The lowest BCUT2D eigenvalue weighted by molar-refractivity contribution is -0.252. The molecule has 1 aromatic heterocycles. The highest BCUT2D eigenvalue weighted by Gasteiger charge is 2.32. The number of hydroxylamine groups is 1. The van der Waals surface area contributed by atoms with Gasteiger partial charge in [-0.25, -0.2) is 5.48 Å². The van der Waals surface area contributed by atoms with E-state index < -0.39 is 6.29 Å². The highest BCUT2D eigenvalue weighted by Crippen LogP contribution is 2.38. The molecular weight excluding hydrogens is 560 g/mol. The van der Waals surface area contributed by atoms with E-state index in [1.54, 1.807) is 5.48 Å². The molecule has 2 heterocycles. The molecule has 4 N–H and O–H groups in total. The molecule has 0 saturated carbocycles. The molecule has 3 aromatic rings. The number of hydrogen-bond acceptors (Lipinski definition) is 8. The Hall–Kier alpha value is -3.67. The fourth-order valence-electron chi connectivity index (χ4n) is 5.25. The first-order valence-corrected chi connectivity index (χ1v) is 15.4. The molecule has 1 saturated heterocycles. The second kappa shape index (κ2) is 17.6. The van der Waals surface area contributed by atoms with Gasteiger partial charge in [0.25, 0.3) is 0 Å². The lowest BCUT2D eigenvalue weighted by atomic mass is 9.99. The van der Waals surface area contributed by atoms with Crippen molar-refractivity contribution in [1.29, 1.82) is 0 Å². The minimum atomic E-state index is -0.571. The zero-order valence-electron chi connectivity index (χ0n) is 25.4. The van der Waals surface area contributed by atoms with Crippen molar-refractivity contribution in [1.82, 2.24) is 15.4 Å². The number of carbonyl (C=O) groups excluding carboxylic acids is 2. The van der Waals surface area contributed by atoms with Gasteiger partial charge in [0.1, 0.15) is 0 Å². The summed E-state index contributed by atoms with van der Waals surface area (Å²) in [4.78, 5) is 30.2. The number of amides is 2. The van der Waals surface area contributed by atoms with Crippen LogP contribution >= 0.6 is 0 Å². The molecule has 10 heteroatoms. The van der Waals surface area contributed by atoms with Crippen LogP contribution in [0.25, 0.3) is 0 Å². The Morgan fingerprint density at radius 1 is 0.909 bits per heavy atom. The third-order valence-electron chi connectivity index (χ3n) is 7.76. The van der Waals surface area contributed by atoms with Gasteiger partial charge >= 0.3 is 0 Å². The highest BCUT2D eigenvalue weighted by molar-refractivity contribution is 5.90. The molecule has 1 fully saturated rings. The normalized spacial score (nSPS) is 18.2. The Bertz CT molecular complexity index is 1290. The van der Waals surface area contributed by atoms with Gasteiger partial charge in [-0.2, -0.15) is 0 Å². The number of nitrogens with one attached hydrogen (secondary N) is 2. The van der Waals surface area contributed by atoms with Gasteiger partial charge < -0.3 is 24.8 Å². The van der Waals surface area contributed by atoms with Crippen molar-refractivity contribution in [3.8, 4) is 0 Å². The molecule has 3 unspecified atom stereocenters. The fourth-order valence-corrected chi connectivity index (χ4v) is 5.25. The van der Waals surface area contributed by atoms with E-state index in [0.29, 0.717) is 24.9 Å². The maximum atomic E-state index is 12.4. The smallest absolute Gasteiger partial charge is 0.243 e. The van der Waals surface area contributed by atoms with Gasteiger partial charge in [-0.1, -0.05) is 55.3 Å². The van der Waals surface area contributed by atoms with Gasteiger partial charge in [0.2, 0.25) is 11.8 Å². The van der Waals surface area contributed by atoms with Crippen LogP contribution in [-0.2, 0) is 32.1 Å². The SMILES string of the molecule is CN(CCc1ccccn1)CC1CC(c2ccc(CO)cc2)OC(c2ccc(NC(=O)CCCCCCC(=O)NO)cc2)O1. The largest absolute Gasteiger partial charge is 0.392 e. The van der Waals surface area contributed by atoms with Crippen molar-refractivity contribution in [2.45, 2.75) is 76.5 Å². The molecule has 3 atom stereocenters. The number of anilines is 1. The average molecular weight is 605 g/mol. The van der Waals surface area contributed by atoms with Crippen LogP contribution < -0.4 is 10.8 Å². The van der Waals surface area contributed by atoms with Crippen LogP contribution in [0.3, 0.4) is 0 Å². The molecule has 2 amide bonds. The Morgan fingerprint density at radius 3 is 2.27 bits per heavy atom. The summed E-state index contributed by atoms with van der Waals surface area (Å²) in [6.45, 7) is 1.59. The highest BCUT2D eigenvalue weighted by atomic mass is 16.7. The minimum absolute atomic E-state index is 0.00434. The summed E-state index contributed by atoms with van der Waals surface area (Å²) in [6.07, 6.45) is 6.31. The summed E-state index contributed by atoms with van der Waals surface area (Å²) >= 11 is 0. The molecular formula is C34H44N4O6. The number of unbranched alkanes of at least 4 members (excludes halogenated alkanes) is 3. The van der Waals surface area contributed by atoms with E-state index in [4.69, 9.17) is 14.7 Å². The number of nitrogens with zero attached hydrogens (tertiary/aromatic N) is 2. The number of likely N-dealkylation sites (N-methyl/N-ethyl adjacent to an activating group) is 1. The molecule has 4 rings (SSSR count). The monoisotopic (exact) mass is 604 g/mol. The van der Waals surface area contributed by atoms with Gasteiger partial charge in [-0.05, 0) is 55.3 Å². The maximum absolute atomic E-state index is 12.4. The van der Waals surface area contributed by atoms with Crippen LogP contribution in [-0.4, -0.2) is 58.3 Å². The maximum Gasteiger partial charge on any atom is 0.243 e. The van der Waals surface area contributed by atoms with E-state index in [9.17, 15) is 14.7 Å². The fraction of sp³-hybridized carbons (Fsp3) is 0.441. The molecule has 236 valence electrons. The summed E-state index contributed by atoms with van der Waals surface area (Å²) < 4.78 is 12.9. The van der Waals surface area contributed by atoms with Crippen LogP contribution in [0.15, 0.2) is 72.9 Å². The summed E-state index contributed by atoms with van der Waals surface area (Å²) in [5, 5.41) is 21.0. The first-order valence-electron chi connectivity index (χ1n) is 15.4. The molecule has 10 nitrogen and oxygen atoms in total. The Balaban J connectivity index is 1.33. The number of benzene rings is 2. The van der Waals surface area contributed by atoms with Crippen LogP contribution in [0, 0.1) is 0 Å². The Labute approximate surface area is 259 Å². The van der Waals surface area contributed by atoms with Crippen molar-refractivity contribution in [2.75, 3.05) is 25.5 Å². The molecule has 0 spiro atoms. The number of carbonyl (C=O) groups is 2. The molecule has 2 aromatic carbocycles. The summed E-state index contributed by atoms with van der Waals surface area (Å²) in [7, 11) is 2.09. The van der Waals surface area contributed by atoms with Gasteiger partial charge in [-0.15, -0.1) is 0 Å². The van der Waals surface area contributed by atoms with Crippen LogP contribution in [0.5, 0.6) is 0 Å². The zero-order valence-corrected chi connectivity index (χ0v) is 25.4. The van der Waals surface area contributed by atoms with Crippen LogP contribution in [0.2, 0.25) is 0 Å². The number of aromatic nitrogens is 1. The molecule has 0 aliphatic carbocycles. The summed E-state index contributed by atoms with van der Waals surface area (Å²) in [5.74, 6) is -0.446. The number of hydrogen-bond donors (Lipinski definition) is 4. The second-order valence-corrected chi connectivity index (χ2v) is 11.3. The number of pyridine rings is 1. The van der Waals surface area contributed by atoms with E-state index >= 15 is 0 Å². The van der Waals surface area contributed by atoms with Crippen LogP contribution in [0.4, 0.5) is 5.69 Å². The summed E-state index contributed by atoms with van der Waals surface area (Å²) in [6, 6.07) is 21.4. The first-order chi connectivity index (χ1) is 21.4. The number of ether oxygens (including phenoxy) is 2. The third kappa shape index (κ3) is 10.8. The number of aliphatic hydroxyl groups is 1. The van der Waals surface area contributed by atoms with Gasteiger partial charge in [0.15, 0.2) is 6.29 Å². The molecule has 1 aliphatic rings. The Kier molecular flexibility index (Phi) is 13.3. The van der Waals surface area contributed by atoms with E-state index in [-0.39, 0.29) is 37.0 Å². The van der Waals surface area contributed by atoms with Crippen molar-refractivity contribution >= 4 is 17.5 Å². The zero-order chi connectivity index (χ0) is 31.1. The lowest BCUT2D eigenvalue weighted by Crippen LogP contribution is -2.38. The van der Waals surface area contributed by atoms with Crippen molar-refractivity contribution in [2.24, 2.45) is 0 Å². The quantitative estimate of drug-likeness (QED) is 0.101. The van der Waals surface area contributed by atoms with Gasteiger partial charge in [-0.3, -0.25) is 19.8 Å².